The molecular weight excluding hydrogens is 408 g/mol. The molecule has 3 atom stereocenters. The summed E-state index contributed by atoms with van der Waals surface area (Å²) in [5.41, 5.74) is 6.84. The van der Waals surface area contributed by atoms with Crippen LogP contribution in [0.15, 0.2) is 24.3 Å². The van der Waals surface area contributed by atoms with Crippen LogP contribution in [0.5, 0.6) is 0 Å². The van der Waals surface area contributed by atoms with Crippen molar-refractivity contribution in [3.8, 4) is 0 Å². The molecule has 32 heavy (non-hydrogen) atoms. The highest BCUT2D eigenvalue weighted by Crippen LogP contribution is 2.38. The van der Waals surface area contributed by atoms with E-state index in [2.05, 4.69) is 0 Å². The van der Waals surface area contributed by atoms with Crippen LogP contribution in [-0.2, 0) is 16.1 Å². The van der Waals surface area contributed by atoms with E-state index >= 15 is 0 Å². The SMILES string of the molecule is CC(C)(C)C(C(=O)O)C1CCN(C(=O)[C@H]2C[C@@H](O)CN2Cc2ccc(C(=N)N)cc2)CC1. The Morgan fingerprint density at radius 1 is 1.19 bits per heavy atom. The summed E-state index contributed by atoms with van der Waals surface area (Å²) < 4.78 is 0. The topological polar surface area (TPSA) is 131 Å². The molecule has 0 saturated carbocycles. The van der Waals surface area contributed by atoms with E-state index in [0.29, 0.717) is 51.0 Å². The van der Waals surface area contributed by atoms with E-state index in [1.54, 1.807) is 12.1 Å². The first kappa shape index (κ1) is 24.2. The number of nitrogens with one attached hydrogen (secondary N) is 1. The summed E-state index contributed by atoms with van der Waals surface area (Å²) in [6, 6.07) is 6.99. The maximum Gasteiger partial charge on any atom is 0.307 e. The Kier molecular flexibility index (Phi) is 7.25. The van der Waals surface area contributed by atoms with Crippen LogP contribution in [-0.4, -0.2) is 69.5 Å². The van der Waals surface area contributed by atoms with Gasteiger partial charge in [-0.3, -0.25) is 19.9 Å². The van der Waals surface area contributed by atoms with Gasteiger partial charge in [0.05, 0.1) is 18.1 Å². The van der Waals surface area contributed by atoms with Crippen molar-refractivity contribution in [3.05, 3.63) is 35.4 Å². The Balaban J connectivity index is 1.63. The van der Waals surface area contributed by atoms with Gasteiger partial charge < -0.3 is 20.8 Å². The second-order valence-corrected chi connectivity index (χ2v) is 10.3. The van der Waals surface area contributed by atoms with Gasteiger partial charge in [0.15, 0.2) is 0 Å². The number of β-amino-alcohol motifs (C(OH)–C–C–N with tert-alkyl or cyclic N) is 1. The molecule has 2 saturated heterocycles. The zero-order valence-corrected chi connectivity index (χ0v) is 19.3. The molecule has 5 N–H and O–H groups in total. The highest BCUT2D eigenvalue weighted by molar-refractivity contribution is 5.94. The van der Waals surface area contributed by atoms with Crippen LogP contribution in [0.3, 0.4) is 0 Å². The molecule has 2 fully saturated rings. The van der Waals surface area contributed by atoms with Gasteiger partial charge in [-0.2, -0.15) is 0 Å². The molecule has 1 unspecified atom stereocenters. The van der Waals surface area contributed by atoms with E-state index in [1.165, 1.54) is 0 Å². The number of aliphatic carboxylic acids is 1. The van der Waals surface area contributed by atoms with Gasteiger partial charge in [-0.1, -0.05) is 45.0 Å². The van der Waals surface area contributed by atoms with Gasteiger partial charge in [-0.25, -0.2) is 0 Å². The number of carboxylic acids is 1. The molecule has 2 heterocycles. The third kappa shape index (κ3) is 5.48. The molecule has 1 amide bonds. The summed E-state index contributed by atoms with van der Waals surface area (Å²) in [6.45, 7) is 7.96. The number of likely N-dealkylation sites (tertiary alicyclic amines) is 2. The van der Waals surface area contributed by atoms with E-state index in [1.807, 2.05) is 42.7 Å². The molecular formula is C24H36N4O4. The fourth-order valence-electron chi connectivity index (χ4n) is 5.28. The van der Waals surface area contributed by atoms with Gasteiger partial charge in [-0.15, -0.1) is 0 Å². The van der Waals surface area contributed by atoms with Crippen molar-refractivity contribution >= 4 is 17.7 Å². The van der Waals surface area contributed by atoms with Crippen LogP contribution < -0.4 is 5.73 Å². The van der Waals surface area contributed by atoms with Crippen LogP contribution >= 0.6 is 0 Å². The number of carbonyl (C=O) groups excluding carboxylic acids is 1. The average Bonchev–Trinajstić information content (AvgIpc) is 3.07. The molecule has 0 aliphatic carbocycles. The van der Waals surface area contributed by atoms with Gasteiger partial charge in [0.25, 0.3) is 0 Å². The van der Waals surface area contributed by atoms with Gasteiger partial charge in [0, 0.05) is 31.7 Å². The monoisotopic (exact) mass is 444 g/mol. The van der Waals surface area contributed by atoms with Crippen molar-refractivity contribution in [2.24, 2.45) is 23.0 Å². The minimum atomic E-state index is -0.761. The van der Waals surface area contributed by atoms with Crippen LogP contribution in [0.25, 0.3) is 0 Å². The maximum absolute atomic E-state index is 13.3. The van der Waals surface area contributed by atoms with Crippen LogP contribution in [0.2, 0.25) is 0 Å². The van der Waals surface area contributed by atoms with E-state index in [-0.39, 0.29) is 29.1 Å². The largest absolute Gasteiger partial charge is 0.481 e. The highest BCUT2D eigenvalue weighted by Gasteiger charge is 2.42. The van der Waals surface area contributed by atoms with Crippen LogP contribution in [0.4, 0.5) is 0 Å². The van der Waals surface area contributed by atoms with Crippen LogP contribution in [0.1, 0.15) is 51.2 Å². The van der Waals surface area contributed by atoms with Crippen molar-refractivity contribution in [1.29, 1.82) is 5.41 Å². The summed E-state index contributed by atoms with van der Waals surface area (Å²) in [5.74, 6) is -1.10. The number of amidine groups is 1. The summed E-state index contributed by atoms with van der Waals surface area (Å²) >= 11 is 0. The first-order valence-electron chi connectivity index (χ1n) is 11.3. The summed E-state index contributed by atoms with van der Waals surface area (Å²) in [6.07, 6.45) is 1.23. The lowest BCUT2D eigenvalue weighted by molar-refractivity contribution is -0.150. The second kappa shape index (κ2) is 9.58. The summed E-state index contributed by atoms with van der Waals surface area (Å²) in [4.78, 5) is 29.0. The summed E-state index contributed by atoms with van der Waals surface area (Å²) in [7, 11) is 0. The van der Waals surface area contributed by atoms with Crippen molar-refractivity contribution < 1.29 is 19.8 Å². The predicted molar refractivity (Wildman–Crippen MR) is 122 cm³/mol. The first-order chi connectivity index (χ1) is 15.0. The van der Waals surface area contributed by atoms with Crippen LogP contribution in [0, 0.1) is 22.7 Å². The number of amides is 1. The minimum absolute atomic E-state index is 0.0150. The first-order valence-corrected chi connectivity index (χ1v) is 11.3. The number of piperidine rings is 1. The predicted octanol–water partition coefficient (Wildman–Crippen LogP) is 1.89. The lowest BCUT2D eigenvalue weighted by atomic mass is 9.70. The van der Waals surface area contributed by atoms with Gasteiger partial charge in [0.2, 0.25) is 5.91 Å². The number of carboxylic acid groups (broad SMARTS) is 1. The van der Waals surface area contributed by atoms with Crippen molar-refractivity contribution in [3.63, 3.8) is 0 Å². The standard InChI is InChI=1S/C24H36N4O4/c1-24(2,3)20(23(31)32)16-8-10-27(11-9-16)22(30)19-12-18(29)14-28(19)13-15-4-6-17(7-5-15)21(25)26/h4-7,16,18-20,29H,8-14H2,1-3H3,(H3,25,26)(H,31,32)/t18-,19-,20?/m1/s1. The Hall–Kier alpha value is -2.45. The Labute approximate surface area is 189 Å². The molecule has 0 radical (unpaired) electrons. The molecule has 0 aromatic heterocycles. The summed E-state index contributed by atoms with van der Waals surface area (Å²) in [5, 5.41) is 27.5. The third-order valence-electron chi connectivity index (χ3n) is 6.84. The van der Waals surface area contributed by atoms with E-state index in [0.717, 1.165) is 5.56 Å². The third-order valence-corrected chi connectivity index (χ3v) is 6.84. The van der Waals surface area contributed by atoms with Crippen molar-refractivity contribution in [2.75, 3.05) is 19.6 Å². The molecule has 8 nitrogen and oxygen atoms in total. The number of aliphatic hydroxyl groups is 1. The van der Waals surface area contributed by atoms with Gasteiger partial charge >= 0.3 is 5.97 Å². The van der Waals surface area contributed by atoms with Gasteiger partial charge in [-0.05, 0) is 36.2 Å². The molecule has 1 aromatic carbocycles. The van der Waals surface area contributed by atoms with Crippen molar-refractivity contribution in [2.45, 2.75) is 58.7 Å². The van der Waals surface area contributed by atoms with Gasteiger partial charge in [0.1, 0.15) is 5.84 Å². The molecule has 8 heteroatoms. The molecule has 176 valence electrons. The number of carbonyl (C=O) groups is 2. The van der Waals surface area contributed by atoms with E-state index < -0.39 is 18.0 Å². The zero-order valence-electron chi connectivity index (χ0n) is 19.3. The lowest BCUT2D eigenvalue weighted by Crippen LogP contribution is -2.50. The smallest absolute Gasteiger partial charge is 0.307 e. The zero-order chi connectivity index (χ0) is 23.6. The Bertz CT molecular complexity index is 841. The number of hydrogen-bond donors (Lipinski definition) is 4. The number of aliphatic hydroxyl groups excluding tert-OH is 1. The normalized spacial score (nSPS) is 23.8. The van der Waals surface area contributed by atoms with E-state index in [9.17, 15) is 19.8 Å². The second-order valence-electron chi connectivity index (χ2n) is 10.3. The highest BCUT2D eigenvalue weighted by atomic mass is 16.4. The quantitative estimate of drug-likeness (QED) is 0.391. The fraction of sp³-hybridized carbons (Fsp3) is 0.625. The van der Waals surface area contributed by atoms with Crippen molar-refractivity contribution in [1.82, 2.24) is 9.80 Å². The molecule has 2 aliphatic rings. The molecule has 0 bridgehead atoms. The molecule has 0 spiro atoms. The maximum atomic E-state index is 13.3. The lowest BCUT2D eigenvalue weighted by Gasteiger charge is -2.40. The number of rotatable bonds is 6. The number of nitrogen functional groups attached to an aromatic ring is 1. The average molecular weight is 445 g/mol. The molecule has 1 aromatic rings. The number of hydrogen-bond acceptors (Lipinski definition) is 5. The Morgan fingerprint density at radius 2 is 1.78 bits per heavy atom. The molecule has 3 rings (SSSR count). The minimum Gasteiger partial charge on any atom is -0.481 e. The van der Waals surface area contributed by atoms with E-state index in [4.69, 9.17) is 11.1 Å². The number of nitrogens with zero attached hydrogens (tertiary/aromatic N) is 2. The molecule has 2 aliphatic heterocycles. The number of nitrogens with two attached hydrogens (primary N) is 1. The number of benzene rings is 1. The Morgan fingerprint density at radius 3 is 2.28 bits per heavy atom. The fourth-order valence-corrected chi connectivity index (χ4v) is 5.28.